The average molecular weight is 387 g/mol. The summed E-state index contributed by atoms with van der Waals surface area (Å²) in [6.07, 6.45) is 4.02. The first kappa shape index (κ1) is 19.1. The summed E-state index contributed by atoms with van der Waals surface area (Å²) in [7, 11) is 3.99. The van der Waals surface area contributed by atoms with E-state index in [1.807, 2.05) is 73.7 Å². The molecule has 0 bridgehead atoms. The molecule has 0 saturated carbocycles. The van der Waals surface area contributed by atoms with Crippen molar-refractivity contribution >= 4 is 0 Å². The molecule has 6 nitrogen and oxygen atoms in total. The Labute approximate surface area is 171 Å². The molecule has 29 heavy (non-hydrogen) atoms. The molecule has 4 rings (SSSR count). The lowest BCUT2D eigenvalue weighted by Gasteiger charge is -2.24. The molecule has 6 heteroatoms. The van der Waals surface area contributed by atoms with Crippen LogP contribution in [0.4, 0.5) is 0 Å². The highest BCUT2D eigenvalue weighted by Gasteiger charge is 2.27. The van der Waals surface area contributed by atoms with Crippen molar-refractivity contribution in [2.45, 2.75) is 33.1 Å². The lowest BCUT2D eigenvalue weighted by atomic mass is 9.84. The van der Waals surface area contributed by atoms with Gasteiger partial charge in [0, 0.05) is 31.9 Å². The van der Waals surface area contributed by atoms with Gasteiger partial charge in [-0.25, -0.2) is 9.97 Å². The maximum Gasteiger partial charge on any atom is 0.107 e. The van der Waals surface area contributed by atoms with Crippen LogP contribution in [0.1, 0.15) is 36.9 Å². The number of aromatic nitrogens is 6. The summed E-state index contributed by atoms with van der Waals surface area (Å²) in [5.41, 5.74) is 5.06. The minimum absolute atomic E-state index is 0.361. The van der Waals surface area contributed by atoms with Crippen molar-refractivity contribution in [2.75, 3.05) is 0 Å². The van der Waals surface area contributed by atoms with Crippen molar-refractivity contribution in [1.82, 2.24) is 29.1 Å². The van der Waals surface area contributed by atoms with Crippen LogP contribution in [0.5, 0.6) is 0 Å². The third-order valence-corrected chi connectivity index (χ3v) is 5.52. The normalized spacial score (nSPS) is 11.8. The summed E-state index contributed by atoms with van der Waals surface area (Å²) in [6, 6.07) is 12.2. The zero-order valence-electron chi connectivity index (χ0n) is 17.8. The topological polar surface area (TPSA) is 61.4 Å². The number of hydrogen-bond acceptors (Lipinski definition) is 4. The Morgan fingerprint density at radius 3 is 1.38 bits per heavy atom. The Morgan fingerprint density at radius 2 is 1.03 bits per heavy atom. The Balaban J connectivity index is 1.73. The molecular formula is C23H26N6. The number of pyridine rings is 2. The molecule has 4 aromatic heterocycles. The molecule has 0 radical (unpaired) electrons. The fourth-order valence-corrected chi connectivity index (χ4v) is 3.35. The van der Waals surface area contributed by atoms with Gasteiger partial charge in [-0.1, -0.05) is 12.1 Å². The summed E-state index contributed by atoms with van der Waals surface area (Å²) in [5, 5.41) is 0. The molecule has 0 aromatic carbocycles. The molecule has 0 aliphatic carbocycles. The molecule has 0 aliphatic heterocycles. The van der Waals surface area contributed by atoms with Crippen LogP contribution in [-0.2, 0) is 19.5 Å². The van der Waals surface area contributed by atoms with Gasteiger partial charge in [0.2, 0.25) is 0 Å². The molecule has 0 aliphatic rings. The van der Waals surface area contributed by atoms with E-state index in [1.54, 1.807) is 0 Å². The minimum atomic E-state index is -0.361. The second kappa shape index (κ2) is 6.95. The highest BCUT2D eigenvalue weighted by Crippen LogP contribution is 2.31. The molecule has 0 amide bonds. The van der Waals surface area contributed by atoms with E-state index in [9.17, 15) is 0 Å². The highest BCUT2D eigenvalue weighted by atomic mass is 15.1. The molecule has 4 aromatic rings. The maximum absolute atomic E-state index is 4.93. The quantitative estimate of drug-likeness (QED) is 0.527. The molecule has 0 atom stereocenters. The Morgan fingerprint density at radius 1 is 0.621 bits per heavy atom. The third kappa shape index (κ3) is 3.46. The number of nitrogens with zero attached hydrogens (tertiary/aromatic N) is 6. The first-order chi connectivity index (χ1) is 13.8. The highest BCUT2D eigenvalue weighted by molar-refractivity contribution is 5.56. The zero-order chi connectivity index (χ0) is 20.8. The second-order valence-electron chi connectivity index (χ2n) is 8.01. The molecule has 0 fully saturated rings. The molecule has 0 spiro atoms. The van der Waals surface area contributed by atoms with Crippen molar-refractivity contribution in [3.05, 3.63) is 71.8 Å². The van der Waals surface area contributed by atoms with Crippen molar-refractivity contribution in [3.63, 3.8) is 0 Å². The van der Waals surface area contributed by atoms with Gasteiger partial charge in [-0.2, -0.15) is 0 Å². The molecular weight excluding hydrogens is 360 g/mol. The van der Waals surface area contributed by atoms with Crippen LogP contribution >= 0.6 is 0 Å². The number of aryl methyl sites for hydroxylation is 4. The van der Waals surface area contributed by atoms with E-state index in [2.05, 4.69) is 35.9 Å². The summed E-state index contributed by atoms with van der Waals surface area (Å²) in [6.45, 7) is 8.29. The van der Waals surface area contributed by atoms with E-state index in [4.69, 9.17) is 9.97 Å². The SMILES string of the molecule is Cc1nc(-c2cccc(C(C)(C)c3cccc(-c4cn(C)c(C)n4)n3)n2)cn1C. The fraction of sp³-hybridized carbons (Fsp3) is 0.304. The van der Waals surface area contributed by atoms with Gasteiger partial charge in [0.05, 0.1) is 22.8 Å². The van der Waals surface area contributed by atoms with E-state index in [1.165, 1.54) is 0 Å². The Bertz CT molecular complexity index is 1050. The predicted molar refractivity (Wildman–Crippen MR) is 114 cm³/mol. The molecule has 148 valence electrons. The van der Waals surface area contributed by atoms with Gasteiger partial charge in [-0.15, -0.1) is 0 Å². The van der Waals surface area contributed by atoms with Gasteiger partial charge < -0.3 is 9.13 Å². The molecule has 4 heterocycles. The second-order valence-corrected chi connectivity index (χ2v) is 8.01. The zero-order valence-corrected chi connectivity index (χ0v) is 17.8. The first-order valence-corrected chi connectivity index (χ1v) is 9.71. The number of hydrogen-bond donors (Lipinski definition) is 0. The van der Waals surface area contributed by atoms with Gasteiger partial charge >= 0.3 is 0 Å². The van der Waals surface area contributed by atoms with Crippen molar-refractivity contribution < 1.29 is 0 Å². The van der Waals surface area contributed by atoms with Crippen LogP contribution in [0.3, 0.4) is 0 Å². The van der Waals surface area contributed by atoms with Crippen LogP contribution in [0, 0.1) is 13.8 Å². The Kier molecular flexibility index (Phi) is 4.57. The smallest absolute Gasteiger partial charge is 0.107 e. The molecule has 0 N–H and O–H groups in total. The molecule has 0 saturated heterocycles. The van der Waals surface area contributed by atoms with Gasteiger partial charge in [0.25, 0.3) is 0 Å². The standard InChI is InChI=1S/C23H26N6/c1-15-24-19(13-28(15)5)17-9-7-11-21(26-17)23(3,4)22-12-8-10-18(27-22)20-14-29(6)16(2)25-20/h7-14H,1-6H3. The largest absolute Gasteiger partial charge is 0.338 e. The minimum Gasteiger partial charge on any atom is -0.338 e. The van der Waals surface area contributed by atoms with Crippen LogP contribution in [0.15, 0.2) is 48.8 Å². The first-order valence-electron chi connectivity index (χ1n) is 9.71. The summed E-state index contributed by atoms with van der Waals surface area (Å²) in [4.78, 5) is 19.1. The van der Waals surface area contributed by atoms with Crippen molar-refractivity contribution in [2.24, 2.45) is 14.1 Å². The number of imidazole rings is 2. The van der Waals surface area contributed by atoms with Crippen molar-refractivity contribution in [1.29, 1.82) is 0 Å². The van der Waals surface area contributed by atoms with Crippen LogP contribution in [0.2, 0.25) is 0 Å². The lowest BCUT2D eigenvalue weighted by molar-refractivity contribution is 0.596. The average Bonchev–Trinajstić information content (AvgIpc) is 3.23. The fourth-order valence-electron chi connectivity index (χ4n) is 3.35. The van der Waals surface area contributed by atoms with Gasteiger partial charge in [0.15, 0.2) is 0 Å². The lowest BCUT2D eigenvalue weighted by Crippen LogP contribution is -2.22. The van der Waals surface area contributed by atoms with E-state index >= 15 is 0 Å². The van der Waals surface area contributed by atoms with E-state index in [0.717, 1.165) is 45.8 Å². The van der Waals surface area contributed by atoms with Crippen LogP contribution < -0.4 is 0 Å². The molecule has 0 unspecified atom stereocenters. The van der Waals surface area contributed by atoms with Crippen LogP contribution in [-0.4, -0.2) is 29.1 Å². The predicted octanol–water partition coefficient (Wildman–Crippen LogP) is 4.22. The van der Waals surface area contributed by atoms with E-state index in [0.29, 0.717) is 0 Å². The summed E-state index contributed by atoms with van der Waals surface area (Å²) < 4.78 is 4.02. The summed E-state index contributed by atoms with van der Waals surface area (Å²) in [5.74, 6) is 1.93. The van der Waals surface area contributed by atoms with Gasteiger partial charge in [-0.05, 0) is 52.0 Å². The maximum atomic E-state index is 4.93. The third-order valence-electron chi connectivity index (χ3n) is 5.52. The van der Waals surface area contributed by atoms with Gasteiger partial charge in [0.1, 0.15) is 23.0 Å². The van der Waals surface area contributed by atoms with E-state index in [-0.39, 0.29) is 5.41 Å². The van der Waals surface area contributed by atoms with E-state index < -0.39 is 0 Å². The Hall–Kier alpha value is -3.28. The van der Waals surface area contributed by atoms with Gasteiger partial charge in [-0.3, -0.25) is 9.97 Å². The van der Waals surface area contributed by atoms with Crippen LogP contribution in [0.25, 0.3) is 22.8 Å². The van der Waals surface area contributed by atoms with Crippen molar-refractivity contribution in [3.8, 4) is 22.8 Å². The monoisotopic (exact) mass is 386 g/mol. The summed E-state index contributed by atoms with van der Waals surface area (Å²) >= 11 is 0. The number of rotatable bonds is 4.